The second kappa shape index (κ2) is 5.51. The first-order chi connectivity index (χ1) is 9.04. The van der Waals surface area contributed by atoms with Crippen LogP contribution in [0.5, 0.6) is 0 Å². The van der Waals surface area contributed by atoms with Crippen molar-refractivity contribution < 1.29 is 4.79 Å². The number of carbonyl (C=O) groups is 1. The van der Waals surface area contributed by atoms with Gasteiger partial charge in [0.15, 0.2) is 0 Å². The van der Waals surface area contributed by atoms with Gasteiger partial charge < -0.3 is 10.6 Å². The fourth-order valence-electron chi connectivity index (χ4n) is 1.74. The van der Waals surface area contributed by atoms with Crippen molar-refractivity contribution in [2.75, 3.05) is 12.8 Å². The molecule has 6 nitrogen and oxygen atoms in total. The molecule has 0 unspecified atom stereocenters. The number of rotatable bonds is 4. The normalized spacial score (nSPS) is 10.4. The van der Waals surface area contributed by atoms with E-state index in [9.17, 15) is 4.79 Å². The van der Waals surface area contributed by atoms with E-state index in [-0.39, 0.29) is 12.5 Å². The molecule has 6 heteroatoms. The van der Waals surface area contributed by atoms with E-state index in [1.54, 1.807) is 18.1 Å². The molecule has 2 aromatic heterocycles. The van der Waals surface area contributed by atoms with E-state index in [0.29, 0.717) is 12.2 Å². The maximum atomic E-state index is 12.0. The van der Waals surface area contributed by atoms with Gasteiger partial charge in [0.1, 0.15) is 6.54 Å². The smallest absolute Gasteiger partial charge is 0.244 e. The number of anilines is 1. The van der Waals surface area contributed by atoms with Gasteiger partial charge in [0, 0.05) is 18.9 Å². The fraction of sp³-hybridized carbons (Fsp3) is 0.308. The zero-order valence-electron chi connectivity index (χ0n) is 11.1. The predicted molar refractivity (Wildman–Crippen MR) is 72.1 cm³/mol. The first kappa shape index (κ1) is 13.1. The van der Waals surface area contributed by atoms with E-state index in [1.165, 1.54) is 10.9 Å². The molecule has 19 heavy (non-hydrogen) atoms. The number of nitrogen functional groups attached to an aromatic ring is 1. The Kier molecular flexibility index (Phi) is 3.79. The van der Waals surface area contributed by atoms with Crippen molar-refractivity contribution in [1.82, 2.24) is 19.7 Å². The maximum Gasteiger partial charge on any atom is 0.244 e. The number of likely N-dealkylation sites (N-methyl/N-ethyl adjacent to an activating group) is 1. The molecule has 0 spiro atoms. The average Bonchev–Trinajstić information content (AvgIpc) is 2.74. The highest BCUT2D eigenvalue weighted by molar-refractivity contribution is 5.75. The Labute approximate surface area is 111 Å². The highest BCUT2D eigenvalue weighted by atomic mass is 16.2. The summed E-state index contributed by atoms with van der Waals surface area (Å²) in [5, 5.41) is 3.99. The molecule has 0 fully saturated rings. The van der Waals surface area contributed by atoms with Crippen molar-refractivity contribution in [3.63, 3.8) is 0 Å². The van der Waals surface area contributed by atoms with Crippen LogP contribution in [0.15, 0.2) is 30.6 Å². The van der Waals surface area contributed by atoms with Crippen molar-refractivity contribution >= 4 is 11.6 Å². The van der Waals surface area contributed by atoms with E-state index in [0.717, 1.165) is 11.4 Å². The number of nitrogens with zero attached hydrogens (tertiary/aromatic N) is 4. The number of pyridine rings is 1. The third kappa shape index (κ3) is 3.54. The number of amides is 1. The van der Waals surface area contributed by atoms with Crippen LogP contribution in [0.1, 0.15) is 11.4 Å². The summed E-state index contributed by atoms with van der Waals surface area (Å²) in [6.07, 6.45) is 3.16. The molecule has 2 aromatic rings. The molecule has 0 atom stereocenters. The van der Waals surface area contributed by atoms with Crippen LogP contribution in [0.3, 0.4) is 0 Å². The SMILES string of the molecule is Cc1cccc(CN(C)C(=O)Cn2cc(N)cn2)n1. The molecule has 100 valence electrons. The van der Waals surface area contributed by atoms with Gasteiger partial charge >= 0.3 is 0 Å². The van der Waals surface area contributed by atoms with Crippen molar-refractivity contribution in [2.45, 2.75) is 20.0 Å². The summed E-state index contributed by atoms with van der Waals surface area (Å²) >= 11 is 0. The van der Waals surface area contributed by atoms with Crippen LogP contribution in [0, 0.1) is 6.92 Å². The number of carbonyl (C=O) groups excluding carboxylic acids is 1. The molecule has 2 N–H and O–H groups in total. The first-order valence-corrected chi connectivity index (χ1v) is 5.99. The molecule has 0 aliphatic carbocycles. The van der Waals surface area contributed by atoms with Gasteiger partial charge in [0.2, 0.25) is 5.91 Å². The molecule has 0 aromatic carbocycles. The summed E-state index contributed by atoms with van der Waals surface area (Å²) in [4.78, 5) is 18.0. The van der Waals surface area contributed by atoms with Gasteiger partial charge in [0.05, 0.1) is 24.1 Å². The van der Waals surface area contributed by atoms with Gasteiger partial charge in [-0.3, -0.25) is 14.5 Å². The third-order valence-corrected chi connectivity index (χ3v) is 2.72. The third-order valence-electron chi connectivity index (χ3n) is 2.72. The Hall–Kier alpha value is -2.37. The van der Waals surface area contributed by atoms with Crippen molar-refractivity contribution in [2.24, 2.45) is 0 Å². The Morgan fingerprint density at radius 3 is 2.89 bits per heavy atom. The summed E-state index contributed by atoms with van der Waals surface area (Å²) in [6, 6.07) is 5.77. The zero-order valence-corrected chi connectivity index (χ0v) is 11.1. The molecule has 0 saturated carbocycles. The molecule has 1 amide bonds. The predicted octanol–water partition coefficient (Wildman–Crippen LogP) is 0.827. The Bertz CT molecular complexity index is 578. The lowest BCUT2D eigenvalue weighted by molar-refractivity contribution is -0.131. The highest BCUT2D eigenvalue weighted by Crippen LogP contribution is 2.04. The standard InChI is InChI=1S/C13H17N5O/c1-10-4-3-5-12(16-10)8-17(2)13(19)9-18-7-11(14)6-15-18/h3-7H,8-9,14H2,1-2H3. The Morgan fingerprint density at radius 2 is 2.26 bits per heavy atom. The molecular formula is C13H17N5O. The summed E-state index contributed by atoms with van der Waals surface area (Å²) in [6.45, 7) is 2.59. The second-order valence-electron chi connectivity index (χ2n) is 4.49. The van der Waals surface area contributed by atoms with Crippen LogP contribution in [-0.2, 0) is 17.9 Å². The van der Waals surface area contributed by atoms with Crippen molar-refractivity contribution in [3.8, 4) is 0 Å². The quantitative estimate of drug-likeness (QED) is 0.882. The second-order valence-corrected chi connectivity index (χ2v) is 4.49. The van der Waals surface area contributed by atoms with Crippen molar-refractivity contribution in [1.29, 1.82) is 0 Å². The lowest BCUT2D eigenvalue weighted by atomic mass is 10.3. The fourth-order valence-corrected chi connectivity index (χ4v) is 1.74. The minimum atomic E-state index is -0.0357. The Morgan fingerprint density at radius 1 is 1.47 bits per heavy atom. The lowest BCUT2D eigenvalue weighted by Gasteiger charge is -2.16. The number of aryl methyl sites for hydroxylation is 1. The van der Waals surface area contributed by atoms with Gasteiger partial charge in [-0.15, -0.1) is 0 Å². The topological polar surface area (TPSA) is 77.0 Å². The average molecular weight is 259 g/mol. The van der Waals surface area contributed by atoms with Gasteiger partial charge in [-0.05, 0) is 19.1 Å². The maximum absolute atomic E-state index is 12.0. The molecular weight excluding hydrogens is 242 g/mol. The molecule has 0 aliphatic heterocycles. The van der Waals surface area contributed by atoms with Crippen LogP contribution >= 0.6 is 0 Å². The van der Waals surface area contributed by atoms with Gasteiger partial charge in [0.25, 0.3) is 0 Å². The molecule has 0 bridgehead atoms. The monoisotopic (exact) mass is 259 g/mol. The molecule has 0 saturated heterocycles. The molecule has 0 aliphatic rings. The molecule has 2 heterocycles. The van der Waals surface area contributed by atoms with Crippen LogP contribution in [0.25, 0.3) is 0 Å². The highest BCUT2D eigenvalue weighted by Gasteiger charge is 2.11. The molecule has 2 rings (SSSR count). The Balaban J connectivity index is 1.96. The summed E-state index contributed by atoms with van der Waals surface area (Å²) in [5.41, 5.74) is 7.92. The lowest BCUT2D eigenvalue weighted by Crippen LogP contribution is -2.30. The van der Waals surface area contributed by atoms with Crippen LogP contribution in [-0.4, -0.2) is 32.6 Å². The van der Waals surface area contributed by atoms with E-state index >= 15 is 0 Å². The number of hydrogen-bond acceptors (Lipinski definition) is 4. The van der Waals surface area contributed by atoms with Crippen LogP contribution in [0.4, 0.5) is 5.69 Å². The zero-order chi connectivity index (χ0) is 13.8. The first-order valence-electron chi connectivity index (χ1n) is 5.99. The summed E-state index contributed by atoms with van der Waals surface area (Å²) in [7, 11) is 1.75. The van der Waals surface area contributed by atoms with E-state index in [4.69, 9.17) is 5.73 Å². The van der Waals surface area contributed by atoms with Gasteiger partial charge in [-0.1, -0.05) is 6.07 Å². The molecule has 0 radical (unpaired) electrons. The van der Waals surface area contributed by atoms with Crippen LogP contribution in [0.2, 0.25) is 0 Å². The van der Waals surface area contributed by atoms with Crippen molar-refractivity contribution in [3.05, 3.63) is 42.0 Å². The van der Waals surface area contributed by atoms with E-state index < -0.39 is 0 Å². The minimum absolute atomic E-state index is 0.0357. The number of aromatic nitrogens is 3. The van der Waals surface area contributed by atoms with Crippen LogP contribution < -0.4 is 5.73 Å². The van der Waals surface area contributed by atoms with Gasteiger partial charge in [-0.25, -0.2) is 0 Å². The largest absolute Gasteiger partial charge is 0.396 e. The van der Waals surface area contributed by atoms with E-state index in [2.05, 4.69) is 10.1 Å². The number of hydrogen-bond donors (Lipinski definition) is 1. The van der Waals surface area contributed by atoms with Gasteiger partial charge in [-0.2, -0.15) is 5.10 Å². The summed E-state index contributed by atoms with van der Waals surface area (Å²) < 4.78 is 1.53. The minimum Gasteiger partial charge on any atom is -0.396 e. The number of nitrogens with two attached hydrogens (primary N) is 1. The summed E-state index contributed by atoms with van der Waals surface area (Å²) in [5.74, 6) is -0.0357. The van der Waals surface area contributed by atoms with E-state index in [1.807, 2.05) is 25.1 Å².